The first-order valence-corrected chi connectivity index (χ1v) is 10.3. The van der Waals surface area contributed by atoms with Gasteiger partial charge in [-0.05, 0) is 55.2 Å². The van der Waals surface area contributed by atoms with Crippen molar-refractivity contribution in [3.8, 4) is 23.7 Å². The molecule has 5 N–H and O–H groups in total. The Labute approximate surface area is 205 Å². The van der Waals surface area contributed by atoms with Crippen LogP contribution in [0.2, 0.25) is 0 Å². The molecular formula is C25H22F2N4O5. The Bertz CT molecular complexity index is 1240. The Hall–Kier alpha value is -4.74. The van der Waals surface area contributed by atoms with Crippen molar-refractivity contribution < 1.29 is 33.2 Å². The molecule has 11 heteroatoms. The molecule has 186 valence electrons. The fourth-order valence-corrected chi connectivity index (χ4v) is 2.88. The summed E-state index contributed by atoms with van der Waals surface area (Å²) in [6.07, 6.45) is -2.57. The summed E-state index contributed by atoms with van der Waals surface area (Å²) in [6.45, 7) is 0.851. The molecule has 0 spiro atoms. The van der Waals surface area contributed by atoms with Crippen LogP contribution < -0.4 is 21.4 Å². The second-order valence-electron chi connectivity index (χ2n) is 7.49. The number of nitrogens with one attached hydrogen (secondary N) is 4. The Morgan fingerprint density at radius 2 is 1.50 bits per heavy atom. The fourth-order valence-electron chi connectivity index (χ4n) is 2.88. The van der Waals surface area contributed by atoms with E-state index in [0.29, 0.717) is 16.7 Å². The quantitative estimate of drug-likeness (QED) is 0.171. The highest BCUT2D eigenvalue weighted by Gasteiger charge is 2.48. The van der Waals surface area contributed by atoms with Crippen LogP contribution in [0.25, 0.3) is 0 Å². The molecule has 2 atom stereocenters. The maximum atomic E-state index is 13.8. The topological polar surface area (TPSA) is 137 Å². The van der Waals surface area contributed by atoms with E-state index in [2.05, 4.69) is 34.3 Å². The number of hydrogen-bond acceptors (Lipinski definition) is 5. The highest BCUT2D eigenvalue weighted by molar-refractivity contribution is 5.98. The molecular weight excluding hydrogens is 474 g/mol. The van der Waals surface area contributed by atoms with E-state index in [0.717, 1.165) is 13.2 Å². The minimum Gasteiger partial charge on any atom is -0.341 e. The molecule has 0 radical (unpaired) electrons. The van der Waals surface area contributed by atoms with Crippen LogP contribution >= 0.6 is 0 Å². The molecule has 2 aromatic rings. The first-order chi connectivity index (χ1) is 17.1. The van der Waals surface area contributed by atoms with Gasteiger partial charge in [0.1, 0.15) is 17.9 Å². The van der Waals surface area contributed by atoms with Crippen molar-refractivity contribution in [1.82, 2.24) is 21.4 Å². The third-order valence-electron chi connectivity index (χ3n) is 4.98. The lowest BCUT2D eigenvalue weighted by Crippen LogP contribution is -2.69. The zero-order valence-electron chi connectivity index (χ0n) is 19.2. The molecule has 0 bridgehead atoms. The Morgan fingerprint density at radius 1 is 0.972 bits per heavy atom. The van der Waals surface area contributed by atoms with Gasteiger partial charge < -0.3 is 16.0 Å². The average Bonchev–Trinajstić information content (AvgIpc) is 2.89. The van der Waals surface area contributed by atoms with Crippen LogP contribution in [0.15, 0.2) is 48.5 Å². The van der Waals surface area contributed by atoms with Crippen molar-refractivity contribution in [2.75, 3.05) is 7.05 Å². The van der Waals surface area contributed by atoms with Gasteiger partial charge in [0, 0.05) is 29.3 Å². The number of rotatable bonds is 7. The molecule has 36 heavy (non-hydrogen) atoms. The maximum Gasteiger partial charge on any atom is 0.315 e. The van der Waals surface area contributed by atoms with Crippen molar-refractivity contribution >= 4 is 24.1 Å². The number of benzene rings is 2. The number of aldehydes is 1. The number of alkyl halides is 2. The van der Waals surface area contributed by atoms with Crippen molar-refractivity contribution in [2.45, 2.75) is 24.9 Å². The summed E-state index contributed by atoms with van der Waals surface area (Å²) in [7, 11) is 1.18. The molecule has 0 aliphatic rings. The summed E-state index contributed by atoms with van der Waals surface area (Å²) in [5, 5.41) is 15.1. The highest BCUT2D eigenvalue weighted by Crippen LogP contribution is 2.21. The Balaban J connectivity index is 2.17. The Kier molecular flexibility index (Phi) is 9.66. The van der Waals surface area contributed by atoms with E-state index in [4.69, 9.17) is 5.21 Å². The number of carbonyl (C=O) groups is 4. The predicted octanol–water partition coefficient (Wildman–Crippen LogP) is 1.46. The molecule has 9 nitrogen and oxygen atoms in total. The van der Waals surface area contributed by atoms with Crippen LogP contribution in [-0.4, -0.2) is 54.4 Å². The van der Waals surface area contributed by atoms with Gasteiger partial charge in [-0.3, -0.25) is 19.6 Å². The predicted molar refractivity (Wildman–Crippen MR) is 125 cm³/mol. The maximum absolute atomic E-state index is 13.8. The molecule has 0 heterocycles. The fraction of sp³-hybridized carbons (Fsp3) is 0.200. The molecule has 0 aliphatic carbocycles. The van der Waals surface area contributed by atoms with Gasteiger partial charge in [-0.1, -0.05) is 24.0 Å². The second-order valence-corrected chi connectivity index (χ2v) is 7.49. The first kappa shape index (κ1) is 27.5. The number of urea groups is 1. The SMILES string of the molecule is CNC(=O)NC(C)(C(F)F)C(NC(=O)c1ccc(C#CC#Cc2ccc(C=O)cc2)cc1)C(=O)NO. The van der Waals surface area contributed by atoms with Gasteiger partial charge in [0.05, 0.1) is 0 Å². The third kappa shape index (κ3) is 7.13. The van der Waals surface area contributed by atoms with Crippen LogP contribution in [0.4, 0.5) is 13.6 Å². The molecule has 0 saturated heterocycles. The largest absolute Gasteiger partial charge is 0.341 e. The third-order valence-corrected chi connectivity index (χ3v) is 4.98. The van der Waals surface area contributed by atoms with Gasteiger partial charge in [-0.25, -0.2) is 19.1 Å². The van der Waals surface area contributed by atoms with Gasteiger partial charge in [0.2, 0.25) is 0 Å². The number of amides is 4. The highest BCUT2D eigenvalue weighted by atomic mass is 19.3. The van der Waals surface area contributed by atoms with E-state index in [1.54, 1.807) is 24.3 Å². The molecule has 0 aliphatic heterocycles. The van der Waals surface area contributed by atoms with E-state index in [-0.39, 0.29) is 5.56 Å². The van der Waals surface area contributed by atoms with E-state index < -0.39 is 35.9 Å². The second kappa shape index (κ2) is 12.6. The van der Waals surface area contributed by atoms with E-state index in [1.807, 2.05) is 5.32 Å². The van der Waals surface area contributed by atoms with Gasteiger partial charge in [0.25, 0.3) is 18.2 Å². The molecule has 0 aromatic heterocycles. The van der Waals surface area contributed by atoms with Crippen molar-refractivity contribution in [3.05, 3.63) is 70.8 Å². The summed E-state index contributed by atoms with van der Waals surface area (Å²) >= 11 is 0. The number of hydrogen-bond donors (Lipinski definition) is 5. The molecule has 4 amide bonds. The summed E-state index contributed by atoms with van der Waals surface area (Å²) < 4.78 is 27.7. The van der Waals surface area contributed by atoms with Crippen LogP contribution in [0, 0.1) is 23.7 Å². The lowest BCUT2D eigenvalue weighted by Gasteiger charge is -2.36. The van der Waals surface area contributed by atoms with Crippen LogP contribution in [0.1, 0.15) is 38.8 Å². The van der Waals surface area contributed by atoms with E-state index >= 15 is 0 Å². The van der Waals surface area contributed by atoms with Gasteiger partial charge in [0.15, 0.2) is 0 Å². The van der Waals surface area contributed by atoms with Crippen LogP contribution in [0.3, 0.4) is 0 Å². The summed E-state index contributed by atoms with van der Waals surface area (Å²) in [5.74, 6) is 8.63. The molecule has 2 unspecified atom stereocenters. The van der Waals surface area contributed by atoms with Crippen molar-refractivity contribution in [3.63, 3.8) is 0 Å². The molecule has 0 fully saturated rings. The summed E-state index contributed by atoms with van der Waals surface area (Å²) in [6, 6.07) is 9.24. The number of carbonyl (C=O) groups excluding carboxylic acids is 4. The van der Waals surface area contributed by atoms with Gasteiger partial charge in [-0.2, -0.15) is 0 Å². The summed E-state index contributed by atoms with van der Waals surface area (Å²) in [5.41, 5.74) is 0.377. The number of hydroxylamine groups is 1. The van der Waals surface area contributed by atoms with E-state index in [9.17, 15) is 28.0 Å². The zero-order chi connectivity index (χ0) is 26.7. The van der Waals surface area contributed by atoms with E-state index in [1.165, 1.54) is 36.8 Å². The van der Waals surface area contributed by atoms with Crippen LogP contribution in [0.5, 0.6) is 0 Å². The normalized spacial score (nSPS) is 12.4. The zero-order valence-corrected chi connectivity index (χ0v) is 19.2. The van der Waals surface area contributed by atoms with Gasteiger partial charge in [-0.15, -0.1) is 0 Å². The molecule has 2 rings (SSSR count). The number of halogens is 2. The Morgan fingerprint density at radius 3 is 1.94 bits per heavy atom. The standard InChI is InChI=1S/C25H22F2N4O5/c1-25(23(26)27,30-24(35)28-2)20(22(34)31-36)29-21(33)19-13-11-17(12-14-19)6-4-3-5-16-7-9-18(15-32)10-8-16/h7-15,20,23,36H,1-2H3,(H,29,33)(H,31,34)(H2,28,30,35). The minimum absolute atomic E-state index is 0.00852. The van der Waals surface area contributed by atoms with Crippen molar-refractivity contribution in [1.29, 1.82) is 0 Å². The smallest absolute Gasteiger partial charge is 0.315 e. The van der Waals surface area contributed by atoms with Gasteiger partial charge >= 0.3 is 6.03 Å². The van der Waals surface area contributed by atoms with Crippen LogP contribution in [-0.2, 0) is 4.79 Å². The lowest BCUT2D eigenvalue weighted by molar-refractivity contribution is -0.135. The molecule has 2 aromatic carbocycles. The monoisotopic (exact) mass is 496 g/mol. The average molecular weight is 496 g/mol. The van der Waals surface area contributed by atoms with Crippen molar-refractivity contribution in [2.24, 2.45) is 0 Å². The molecule has 0 saturated carbocycles. The summed E-state index contributed by atoms with van der Waals surface area (Å²) in [4.78, 5) is 47.1. The minimum atomic E-state index is -3.29. The lowest BCUT2D eigenvalue weighted by atomic mass is 9.91. The first-order valence-electron chi connectivity index (χ1n) is 10.3.